The SMILES string of the molecule is Cc1csc(CCNC(=O)N2CCC[C@@H](N3CCCC3)C2)n1. The van der Waals surface area contributed by atoms with E-state index < -0.39 is 0 Å². The van der Waals surface area contributed by atoms with Crippen LogP contribution in [0.5, 0.6) is 0 Å². The van der Waals surface area contributed by atoms with Gasteiger partial charge in [0.15, 0.2) is 0 Å². The number of rotatable bonds is 4. The van der Waals surface area contributed by atoms with Crippen LogP contribution in [0.25, 0.3) is 0 Å². The Labute approximate surface area is 136 Å². The van der Waals surface area contributed by atoms with Gasteiger partial charge in [0.1, 0.15) is 0 Å². The average molecular weight is 322 g/mol. The van der Waals surface area contributed by atoms with Crippen LogP contribution in [0.3, 0.4) is 0 Å². The summed E-state index contributed by atoms with van der Waals surface area (Å²) in [5, 5.41) is 6.22. The monoisotopic (exact) mass is 322 g/mol. The second-order valence-electron chi connectivity index (χ2n) is 6.35. The molecule has 0 bridgehead atoms. The van der Waals surface area contributed by atoms with E-state index in [1.165, 1.54) is 32.4 Å². The number of piperidine rings is 1. The molecular weight excluding hydrogens is 296 g/mol. The van der Waals surface area contributed by atoms with E-state index in [4.69, 9.17) is 0 Å². The third-order valence-corrected chi connectivity index (χ3v) is 5.65. The number of amides is 2. The van der Waals surface area contributed by atoms with Gasteiger partial charge in [-0.3, -0.25) is 4.90 Å². The molecule has 0 aromatic carbocycles. The molecule has 0 radical (unpaired) electrons. The second kappa shape index (κ2) is 7.42. The summed E-state index contributed by atoms with van der Waals surface area (Å²) in [4.78, 5) is 21.3. The molecule has 0 spiro atoms. The molecule has 1 aromatic heterocycles. The summed E-state index contributed by atoms with van der Waals surface area (Å²) in [5.41, 5.74) is 1.07. The van der Waals surface area contributed by atoms with E-state index in [9.17, 15) is 4.79 Å². The van der Waals surface area contributed by atoms with Gasteiger partial charge >= 0.3 is 6.03 Å². The Morgan fingerprint density at radius 2 is 2.18 bits per heavy atom. The van der Waals surface area contributed by atoms with E-state index in [0.717, 1.165) is 36.6 Å². The maximum atomic E-state index is 12.3. The Morgan fingerprint density at radius 3 is 2.91 bits per heavy atom. The minimum atomic E-state index is 0.0946. The highest BCUT2D eigenvalue weighted by Crippen LogP contribution is 2.20. The van der Waals surface area contributed by atoms with Crippen molar-refractivity contribution in [1.29, 1.82) is 0 Å². The molecule has 2 aliphatic rings. The van der Waals surface area contributed by atoms with E-state index in [1.54, 1.807) is 11.3 Å². The van der Waals surface area contributed by atoms with Gasteiger partial charge in [0.05, 0.1) is 5.01 Å². The van der Waals surface area contributed by atoms with Crippen LogP contribution in [-0.4, -0.2) is 59.6 Å². The maximum absolute atomic E-state index is 12.3. The molecule has 6 heteroatoms. The Morgan fingerprint density at radius 1 is 1.36 bits per heavy atom. The number of aromatic nitrogens is 1. The van der Waals surface area contributed by atoms with Crippen molar-refractivity contribution >= 4 is 17.4 Å². The quantitative estimate of drug-likeness (QED) is 0.925. The van der Waals surface area contributed by atoms with Crippen LogP contribution < -0.4 is 5.32 Å². The van der Waals surface area contributed by atoms with Crippen molar-refractivity contribution in [1.82, 2.24) is 20.1 Å². The molecule has 3 rings (SSSR count). The number of nitrogens with one attached hydrogen (secondary N) is 1. The molecule has 2 amide bonds. The molecule has 5 nitrogen and oxygen atoms in total. The first-order chi connectivity index (χ1) is 10.7. The molecule has 0 unspecified atom stereocenters. The Balaban J connectivity index is 1.43. The summed E-state index contributed by atoms with van der Waals surface area (Å²) in [6, 6.07) is 0.667. The first-order valence-electron chi connectivity index (χ1n) is 8.40. The van der Waals surface area contributed by atoms with Crippen LogP contribution in [0.4, 0.5) is 4.79 Å². The van der Waals surface area contributed by atoms with E-state index >= 15 is 0 Å². The first kappa shape index (κ1) is 15.7. The Hall–Kier alpha value is -1.14. The minimum absolute atomic E-state index is 0.0946. The predicted octanol–water partition coefficient (Wildman–Crippen LogP) is 2.26. The van der Waals surface area contributed by atoms with Crippen LogP contribution >= 0.6 is 11.3 Å². The summed E-state index contributed by atoms with van der Waals surface area (Å²) in [5.74, 6) is 0. The fourth-order valence-electron chi connectivity index (χ4n) is 3.45. The van der Waals surface area contributed by atoms with E-state index in [2.05, 4.69) is 20.6 Å². The van der Waals surface area contributed by atoms with Crippen LogP contribution in [0.15, 0.2) is 5.38 Å². The lowest BCUT2D eigenvalue weighted by Gasteiger charge is -2.37. The Bertz CT molecular complexity index is 498. The second-order valence-corrected chi connectivity index (χ2v) is 7.29. The highest BCUT2D eigenvalue weighted by molar-refractivity contribution is 7.09. The lowest BCUT2D eigenvalue weighted by Crippen LogP contribution is -2.52. The number of thiazole rings is 1. The number of likely N-dealkylation sites (tertiary alicyclic amines) is 2. The third-order valence-electron chi connectivity index (χ3n) is 4.62. The van der Waals surface area contributed by atoms with Crippen molar-refractivity contribution in [2.24, 2.45) is 0 Å². The summed E-state index contributed by atoms with van der Waals surface area (Å²) in [6.45, 7) is 6.89. The van der Waals surface area contributed by atoms with Gasteiger partial charge in [-0.1, -0.05) is 0 Å². The van der Waals surface area contributed by atoms with Gasteiger partial charge in [0, 0.05) is 43.2 Å². The number of carbonyl (C=O) groups excluding carboxylic acids is 1. The van der Waals surface area contributed by atoms with E-state index in [0.29, 0.717) is 12.6 Å². The summed E-state index contributed by atoms with van der Waals surface area (Å²) < 4.78 is 0. The average Bonchev–Trinajstić information content (AvgIpc) is 3.19. The maximum Gasteiger partial charge on any atom is 0.317 e. The molecule has 122 valence electrons. The Kier molecular flexibility index (Phi) is 5.31. The van der Waals surface area contributed by atoms with E-state index in [-0.39, 0.29) is 6.03 Å². The number of carbonyl (C=O) groups is 1. The van der Waals surface area contributed by atoms with Crippen LogP contribution in [0.1, 0.15) is 36.4 Å². The van der Waals surface area contributed by atoms with Gasteiger partial charge in [-0.2, -0.15) is 0 Å². The molecule has 22 heavy (non-hydrogen) atoms. The third kappa shape index (κ3) is 3.98. The minimum Gasteiger partial charge on any atom is -0.338 e. The highest BCUT2D eigenvalue weighted by atomic mass is 32.1. The van der Waals surface area contributed by atoms with Crippen molar-refractivity contribution in [2.75, 3.05) is 32.7 Å². The van der Waals surface area contributed by atoms with Crippen molar-refractivity contribution in [3.05, 3.63) is 16.1 Å². The number of nitrogens with zero attached hydrogens (tertiary/aromatic N) is 3. The molecular formula is C16H26N4OS. The van der Waals surface area contributed by atoms with Gasteiger partial charge in [0.25, 0.3) is 0 Å². The van der Waals surface area contributed by atoms with Gasteiger partial charge in [-0.05, 0) is 45.7 Å². The number of hydrogen-bond donors (Lipinski definition) is 1. The van der Waals surface area contributed by atoms with Gasteiger partial charge in [-0.25, -0.2) is 9.78 Å². The zero-order valence-corrected chi connectivity index (χ0v) is 14.2. The summed E-state index contributed by atoms with van der Waals surface area (Å²) >= 11 is 1.67. The molecule has 0 aliphatic carbocycles. The molecule has 3 heterocycles. The molecule has 1 N–H and O–H groups in total. The molecule has 1 atom stereocenters. The fourth-order valence-corrected chi connectivity index (χ4v) is 4.23. The number of urea groups is 1. The van der Waals surface area contributed by atoms with Crippen molar-refractivity contribution in [3.8, 4) is 0 Å². The fraction of sp³-hybridized carbons (Fsp3) is 0.750. The summed E-state index contributed by atoms with van der Waals surface area (Å²) in [6.07, 6.45) is 5.82. The summed E-state index contributed by atoms with van der Waals surface area (Å²) in [7, 11) is 0. The lowest BCUT2D eigenvalue weighted by molar-refractivity contribution is 0.125. The van der Waals surface area contributed by atoms with Crippen LogP contribution in [-0.2, 0) is 6.42 Å². The topological polar surface area (TPSA) is 48.5 Å². The molecule has 1 aromatic rings. The first-order valence-corrected chi connectivity index (χ1v) is 9.28. The van der Waals surface area contributed by atoms with Crippen LogP contribution in [0, 0.1) is 6.92 Å². The molecule has 2 aliphatic heterocycles. The zero-order valence-electron chi connectivity index (χ0n) is 13.4. The lowest BCUT2D eigenvalue weighted by atomic mass is 10.0. The van der Waals surface area contributed by atoms with Crippen molar-refractivity contribution in [3.63, 3.8) is 0 Å². The predicted molar refractivity (Wildman–Crippen MR) is 89.4 cm³/mol. The van der Waals surface area contributed by atoms with Gasteiger partial charge < -0.3 is 10.2 Å². The van der Waals surface area contributed by atoms with Crippen LogP contribution in [0.2, 0.25) is 0 Å². The van der Waals surface area contributed by atoms with Gasteiger partial charge in [-0.15, -0.1) is 11.3 Å². The zero-order chi connectivity index (χ0) is 15.4. The standard InChI is InChI=1S/C16H26N4OS/c1-13-12-22-15(18-13)6-7-17-16(21)20-10-4-5-14(11-20)19-8-2-3-9-19/h12,14H,2-11H2,1H3,(H,17,21)/t14-/m1/s1. The largest absolute Gasteiger partial charge is 0.338 e. The normalized spacial score (nSPS) is 23.0. The van der Waals surface area contributed by atoms with E-state index in [1.807, 2.05) is 11.8 Å². The highest BCUT2D eigenvalue weighted by Gasteiger charge is 2.29. The molecule has 0 saturated carbocycles. The van der Waals surface area contributed by atoms with Gasteiger partial charge in [0.2, 0.25) is 0 Å². The number of aryl methyl sites for hydroxylation is 1. The van der Waals surface area contributed by atoms with Crippen molar-refractivity contribution in [2.45, 2.75) is 45.1 Å². The molecule has 2 saturated heterocycles. The smallest absolute Gasteiger partial charge is 0.317 e. The number of hydrogen-bond acceptors (Lipinski definition) is 4. The molecule has 2 fully saturated rings. The van der Waals surface area contributed by atoms with Crippen molar-refractivity contribution < 1.29 is 4.79 Å².